The quantitative estimate of drug-likeness (QED) is 0.779. The second-order valence-electron chi connectivity index (χ2n) is 3.72. The van der Waals surface area contributed by atoms with Gasteiger partial charge in [-0.1, -0.05) is 24.3 Å². The summed E-state index contributed by atoms with van der Waals surface area (Å²) in [5.74, 6) is 0.0600. The summed E-state index contributed by atoms with van der Waals surface area (Å²) in [5.41, 5.74) is 2.15. The van der Waals surface area contributed by atoms with Crippen LogP contribution in [0.1, 0.15) is 22.2 Å². The van der Waals surface area contributed by atoms with Crippen molar-refractivity contribution in [2.45, 2.75) is 13.5 Å². The van der Waals surface area contributed by atoms with Crippen LogP contribution >= 0.6 is 11.3 Å². The number of Topliss-reactive ketones (excluding diaryl/α,β-unsaturated/α-hetero) is 1. The van der Waals surface area contributed by atoms with Crippen LogP contribution in [-0.4, -0.2) is 17.9 Å². The zero-order valence-corrected chi connectivity index (χ0v) is 10.6. The highest BCUT2D eigenvalue weighted by molar-refractivity contribution is 7.16. The van der Waals surface area contributed by atoms with Crippen LogP contribution in [-0.2, 0) is 11.3 Å². The third-order valence-corrected chi connectivity index (χ3v) is 3.51. The van der Waals surface area contributed by atoms with E-state index in [-0.39, 0.29) is 5.78 Å². The first kappa shape index (κ1) is 12.0. The van der Waals surface area contributed by atoms with Gasteiger partial charge in [-0.3, -0.25) is 4.79 Å². The van der Waals surface area contributed by atoms with Gasteiger partial charge in [-0.05, 0) is 5.56 Å². The lowest BCUT2D eigenvalue weighted by Gasteiger charge is -2.00. The number of hydrogen-bond donors (Lipinski definition) is 0. The van der Waals surface area contributed by atoms with Gasteiger partial charge in [-0.2, -0.15) is 0 Å². The molecule has 0 atom stereocenters. The smallest absolute Gasteiger partial charge is 0.171 e. The van der Waals surface area contributed by atoms with Gasteiger partial charge in [0.25, 0.3) is 0 Å². The van der Waals surface area contributed by atoms with Gasteiger partial charge in [0, 0.05) is 25.8 Å². The molecule has 0 aliphatic rings. The third-order valence-electron chi connectivity index (χ3n) is 2.36. The SMILES string of the molecule is COCc1ccc(-c2ncc(C(C)=O)s2)cc1. The molecule has 2 aromatic rings. The zero-order valence-electron chi connectivity index (χ0n) is 9.77. The van der Waals surface area contributed by atoms with Gasteiger partial charge in [-0.25, -0.2) is 4.98 Å². The van der Waals surface area contributed by atoms with Crippen LogP contribution < -0.4 is 0 Å². The van der Waals surface area contributed by atoms with E-state index in [1.807, 2.05) is 24.3 Å². The monoisotopic (exact) mass is 247 g/mol. The van der Waals surface area contributed by atoms with Crippen molar-refractivity contribution in [1.29, 1.82) is 0 Å². The van der Waals surface area contributed by atoms with Crippen LogP contribution in [0.25, 0.3) is 10.6 Å². The summed E-state index contributed by atoms with van der Waals surface area (Å²) in [7, 11) is 1.67. The van der Waals surface area contributed by atoms with E-state index in [1.165, 1.54) is 11.3 Å². The van der Waals surface area contributed by atoms with E-state index in [9.17, 15) is 4.79 Å². The number of benzene rings is 1. The molecule has 2 rings (SSSR count). The second-order valence-corrected chi connectivity index (χ2v) is 4.75. The topological polar surface area (TPSA) is 39.2 Å². The Kier molecular flexibility index (Phi) is 3.66. The number of ether oxygens (including phenoxy) is 1. The van der Waals surface area contributed by atoms with E-state index >= 15 is 0 Å². The first-order chi connectivity index (χ1) is 8.20. The van der Waals surface area contributed by atoms with E-state index in [4.69, 9.17) is 4.74 Å². The van der Waals surface area contributed by atoms with E-state index in [0.29, 0.717) is 11.5 Å². The van der Waals surface area contributed by atoms with Crippen LogP contribution in [0.3, 0.4) is 0 Å². The fraction of sp³-hybridized carbons (Fsp3) is 0.231. The highest BCUT2D eigenvalue weighted by atomic mass is 32.1. The highest BCUT2D eigenvalue weighted by Crippen LogP contribution is 2.25. The predicted molar refractivity (Wildman–Crippen MR) is 68.3 cm³/mol. The molecule has 0 aliphatic carbocycles. The standard InChI is InChI=1S/C13H13NO2S/c1-9(15)12-7-14-13(17-12)11-5-3-10(4-6-11)8-16-2/h3-7H,8H2,1-2H3. The molecule has 0 saturated heterocycles. The summed E-state index contributed by atoms with van der Waals surface area (Å²) in [6.45, 7) is 2.16. The normalized spacial score (nSPS) is 10.5. The number of nitrogens with zero attached hydrogens (tertiary/aromatic N) is 1. The van der Waals surface area contributed by atoms with Gasteiger partial charge in [0.15, 0.2) is 5.78 Å². The first-order valence-electron chi connectivity index (χ1n) is 5.25. The van der Waals surface area contributed by atoms with Crippen molar-refractivity contribution in [3.8, 4) is 10.6 Å². The number of carbonyl (C=O) groups is 1. The van der Waals surface area contributed by atoms with E-state index in [0.717, 1.165) is 16.1 Å². The van der Waals surface area contributed by atoms with Crippen LogP contribution in [0.15, 0.2) is 30.5 Å². The van der Waals surface area contributed by atoms with Crippen LogP contribution in [0.2, 0.25) is 0 Å². The Morgan fingerprint density at radius 2 is 2.06 bits per heavy atom. The molecule has 3 nitrogen and oxygen atoms in total. The Morgan fingerprint density at radius 1 is 1.35 bits per heavy atom. The van der Waals surface area contributed by atoms with Crippen molar-refractivity contribution in [3.63, 3.8) is 0 Å². The molecule has 17 heavy (non-hydrogen) atoms. The predicted octanol–water partition coefficient (Wildman–Crippen LogP) is 3.16. The molecule has 1 heterocycles. The molecule has 1 aromatic carbocycles. The van der Waals surface area contributed by atoms with Gasteiger partial charge in [0.05, 0.1) is 11.5 Å². The summed E-state index contributed by atoms with van der Waals surface area (Å²) in [4.78, 5) is 16.1. The van der Waals surface area contributed by atoms with Gasteiger partial charge in [-0.15, -0.1) is 11.3 Å². The minimum Gasteiger partial charge on any atom is -0.380 e. The minimum absolute atomic E-state index is 0.0600. The lowest BCUT2D eigenvalue weighted by atomic mass is 10.1. The number of carbonyl (C=O) groups excluding carboxylic acids is 1. The number of aromatic nitrogens is 1. The Morgan fingerprint density at radius 3 is 2.59 bits per heavy atom. The first-order valence-corrected chi connectivity index (χ1v) is 6.07. The number of hydrogen-bond acceptors (Lipinski definition) is 4. The van der Waals surface area contributed by atoms with Gasteiger partial charge in [0.2, 0.25) is 0 Å². The molecule has 0 bridgehead atoms. The lowest BCUT2D eigenvalue weighted by molar-refractivity contribution is 0.102. The second kappa shape index (κ2) is 5.21. The minimum atomic E-state index is 0.0600. The molecule has 0 radical (unpaired) electrons. The maximum Gasteiger partial charge on any atom is 0.171 e. The lowest BCUT2D eigenvalue weighted by Crippen LogP contribution is -1.86. The number of thiazole rings is 1. The number of ketones is 1. The van der Waals surface area contributed by atoms with Gasteiger partial charge in [0.1, 0.15) is 5.01 Å². The van der Waals surface area contributed by atoms with Crippen molar-refractivity contribution in [2.24, 2.45) is 0 Å². The van der Waals surface area contributed by atoms with Crippen molar-refractivity contribution >= 4 is 17.1 Å². The Hall–Kier alpha value is -1.52. The molecule has 0 unspecified atom stereocenters. The summed E-state index contributed by atoms with van der Waals surface area (Å²) >= 11 is 1.42. The van der Waals surface area contributed by atoms with Gasteiger partial charge >= 0.3 is 0 Å². The zero-order chi connectivity index (χ0) is 12.3. The molecule has 4 heteroatoms. The van der Waals surface area contributed by atoms with Crippen molar-refractivity contribution in [3.05, 3.63) is 40.9 Å². The fourth-order valence-electron chi connectivity index (χ4n) is 1.48. The molecule has 0 N–H and O–H groups in total. The Labute approximate surface area is 104 Å². The van der Waals surface area contributed by atoms with Crippen molar-refractivity contribution in [1.82, 2.24) is 4.98 Å². The molecule has 0 amide bonds. The molecule has 88 valence electrons. The van der Waals surface area contributed by atoms with Crippen molar-refractivity contribution in [2.75, 3.05) is 7.11 Å². The van der Waals surface area contributed by atoms with E-state index in [1.54, 1.807) is 20.2 Å². The number of rotatable bonds is 4. The highest BCUT2D eigenvalue weighted by Gasteiger charge is 2.07. The largest absolute Gasteiger partial charge is 0.380 e. The van der Waals surface area contributed by atoms with E-state index < -0.39 is 0 Å². The maximum atomic E-state index is 11.2. The van der Waals surface area contributed by atoms with Crippen LogP contribution in [0, 0.1) is 0 Å². The maximum absolute atomic E-state index is 11.2. The molecule has 0 fully saturated rings. The molecular weight excluding hydrogens is 234 g/mol. The Balaban J connectivity index is 2.23. The summed E-state index contributed by atoms with van der Waals surface area (Å²) in [6.07, 6.45) is 1.63. The van der Waals surface area contributed by atoms with Crippen LogP contribution in [0.5, 0.6) is 0 Å². The molecule has 0 saturated carbocycles. The average Bonchev–Trinajstić information content (AvgIpc) is 2.80. The summed E-state index contributed by atoms with van der Waals surface area (Å²) < 4.78 is 5.05. The molecule has 0 aliphatic heterocycles. The summed E-state index contributed by atoms with van der Waals surface area (Å²) in [6, 6.07) is 8.01. The van der Waals surface area contributed by atoms with Crippen LogP contribution in [0.4, 0.5) is 0 Å². The molecular formula is C13H13NO2S. The molecule has 0 spiro atoms. The van der Waals surface area contributed by atoms with Gasteiger partial charge < -0.3 is 4.74 Å². The third kappa shape index (κ3) is 2.78. The average molecular weight is 247 g/mol. The summed E-state index contributed by atoms with van der Waals surface area (Å²) in [5, 5.41) is 0.874. The Bertz CT molecular complexity index is 516. The molecule has 1 aromatic heterocycles. The van der Waals surface area contributed by atoms with E-state index in [2.05, 4.69) is 4.98 Å². The fourth-order valence-corrected chi connectivity index (χ4v) is 2.30. The van der Waals surface area contributed by atoms with Crippen molar-refractivity contribution < 1.29 is 9.53 Å². The number of methoxy groups -OCH3 is 1.